The molecule has 0 bridgehead atoms. The van der Waals surface area contributed by atoms with Gasteiger partial charge < -0.3 is 10.1 Å². The molecule has 1 aliphatic carbocycles. The molecule has 1 aromatic carbocycles. The number of thioether (sulfide) groups is 1. The van der Waals surface area contributed by atoms with Crippen molar-refractivity contribution in [3.05, 3.63) is 36.2 Å². The molecule has 1 amide bonds. The molecule has 1 saturated carbocycles. The molecule has 1 atom stereocenters. The first-order chi connectivity index (χ1) is 11.7. The van der Waals surface area contributed by atoms with Gasteiger partial charge in [-0.1, -0.05) is 30.0 Å². The second kappa shape index (κ2) is 7.81. The summed E-state index contributed by atoms with van der Waals surface area (Å²) in [5.41, 5.74) is 1.04. The molecule has 0 spiro atoms. The van der Waals surface area contributed by atoms with E-state index in [1.807, 2.05) is 37.3 Å². The van der Waals surface area contributed by atoms with Crippen LogP contribution in [0.1, 0.15) is 31.5 Å². The minimum atomic E-state index is -0.249. The van der Waals surface area contributed by atoms with Crippen LogP contribution in [-0.4, -0.2) is 46.2 Å². The van der Waals surface area contributed by atoms with Crippen LogP contribution in [0.15, 0.2) is 35.5 Å². The summed E-state index contributed by atoms with van der Waals surface area (Å²) in [7, 11) is 1.62. The Hall–Kier alpha value is -1.86. The molecule has 0 saturated heterocycles. The quantitative estimate of drug-likeness (QED) is 0.587. The van der Waals surface area contributed by atoms with Crippen molar-refractivity contribution in [2.75, 3.05) is 20.3 Å². The lowest BCUT2D eigenvalue weighted by molar-refractivity contribution is -0.120. The van der Waals surface area contributed by atoms with Crippen molar-refractivity contribution in [3.63, 3.8) is 0 Å². The third-order valence-electron chi connectivity index (χ3n) is 3.87. The van der Waals surface area contributed by atoms with Gasteiger partial charge in [0.2, 0.25) is 5.91 Å². The number of hydrogen-bond donors (Lipinski definition) is 1. The van der Waals surface area contributed by atoms with Gasteiger partial charge in [-0.3, -0.25) is 9.36 Å². The van der Waals surface area contributed by atoms with Gasteiger partial charge in [0.25, 0.3) is 0 Å². The van der Waals surface area contributed by atoms with Crippen LogP contribution in [0.25, 0.3) is 5.69 Å². The summed E-state index contributed by atoms with van der Waals surface area (Å²) in [6.07, 6.45) is 2.31. The molecule has 1 fully saturated rings. The summed E-state index contributed by atoms with van der Waals surface area (Å²) >= 11 is 1.43. The fourth-order valence-electron chi connectivity index (χ4n) is 2.41. The van der Waals surface area contributed by atoms with Gasteiger partial charge in [0.05, 0.1) is 11.9 Å². The Morgan fingerprint density at radius 1 is 1.38 bits per heavy atom. The first-order valence-corrected chi connectivity index (χ1v) is 9.02. The van der Waals surface area contributed by atoms with Crippen LogP contribution in [0.2, 0.25) is 0 Å². The summed E-state index contributed by atoms with van der Waals surface area (Å²) in [5.74, 6) is 1.46. The summed E-state index contributed by atoms with van der Waals surface area (Å²) in [5, 5.41) is 12.1. The molecule has 7 heteroatoms. The predicted octanol–water partition coefficient (Wildman–Crippen LogP) is 2.39. The number of benzene rings is 1. The number of nitrogens with zero attached hydrogens (tertiary/aromatic N) is 3. The van der Waals surface area contributed by atoms with Crippen LogP contribution in [0.4, 0.5) is 0 Å². The standard InChI is InChI=1S/C17H22N4O2S/c1-12(16(22)18-10-11-23-2)24-17-20-19-15(13-8-9-13)21(17)14-6-4-3-5-7-14/h3-7,12-13H,8-11H2,1-2H3,(H,18,22)/t12-/m0/s1. The van der Waals surface area contributed by atoms with Crippen LogP contribution < -0.4 is 5.32 Å². The Balaban J connectivity index is 1.77. The molecule has 2 aromatic rings. The number of rotatable bonds is 8. The third kappa shape index (κ3) is 3.96. The highest BCUT2D eigenvalue weighted by Gasteiger charge is 2.31. The fourth-order valence-corrected chi connectivity index (χ4v) is 3.31. The van der Waals surface area contributed by atoms with Crippen molar-refractivity contribution in [2.24, 2.45) is 0 Å². The van der Waals surface area contributed by atoms with Crippen molar-refractivity contribution < 1.29 is 9.53 Å². The minimum Gasteiger partial charge on any atom is -0.383 e. The number of para-hydroxylation sites is 1. The lowest BCUT2D eigenvalue weighted by atomic mass is 10.3. The van der Waals surface area contributed by atoms with E-state index in [0.717, 1.165) is 29.5 Å². The smallest absolute Gasteiger partial charge is 0.233 e. The van der Waals surface area contributed by atoms with Crippen molar-refractivity contribution >= 4 is 17.7 Å². The van der Waals surface area contributed by atoms with Crippen molar-refractivity contribution in [1.29, 1.82) is 0 Å². The molecular weight excluding hydrogens is 324 g/mol. The van der Waals surface area contributed by atoms with E-state index in [1.54, 1.807) is 7.11 Å². The second-order valence-electron chi connectivity index (χ2n) is 5.83. The molecular formula is C17H22N4O2S. The molecule has 1 N–H and O–H groups in total. The average molecular weight is 346 g/mol. The number of ether oxygens (including phenoxy) is 1. The van der Waals surface area contributed by atoms with Crippen LogP contribution >= 0.6 is 11.8 Å². The average Bonchev–Trinajstić information content (AvgIpc) is 3.36. The molecule has 6 nitrogen and oxygen atoms in total. The number of carbonyl (C=O) groups excluding carboxylic acids is 1. The van der Waals surface area contributed by atoms with Gasteiger partial charge in [0.15, 0.2) is 5.16 Å². The molecule has 1 heterocycles. The summed E-state index contributed by atoms with van der Waals surface area (Å²) in [4.78, 5) is 12.2. The summed E-state index contributed by atoms with van der Waals surface area (Å²) in [6, 6.07) is 10.1. The Bertz CT molecular complexity index is 685. The number of nitrogens with one attached hydrogen (secondary N) is 1. The lowest BCUT2D eigenvalue weighted by Gasteiger charge is -2.13. The van der Waals surface area contributed by atoms with Gasteiger partial charge in [-0.05, 0) is 31.9 Å². The highest BCUT2D eigenvalue weighted by atomic mass is 32.2. The third-order valence-corrected chi connectivity index (χ3v) is 4.91. The summed E-state index contributed by atoms with van der Waals surface area (Å²) in [6.45, 7) is 2.90. The van der Waals surface area contributed by atoms with Gasteiger partial charge in [-0.15, -0.1) is 10.2 Å². The number of aromatic nitrogens is 3. The highest BCUT2D eigenvalue weighted by molar-refractivity contribution is 8.00. The zero-order valence-corrected chi connectivity index (χ0v) is 14.8. The van der Waals surface area contributed by atoms with Crippen LogP contribution in [0.3, 0.4) is 0 Å². The van der Waals surface area contributed by atoms with Gasteiger partial charge in [-0.2, -0.15) is 0 Å². The summed E-state index contributed by atoms with van der Waals surface area (Å²) < 4.78 is 7.04. The van der Waals surface area contributed by atoms with Gasteiger partial charge in [-0.25, -0.2) is 0 Å². The zero-order valence-electron chi connectivity index (χ0n) is 13.9. The number of methoxy groups -OCH3 is 1. The van der Waals surface area contributed by atoms with Crippen molar-refractivity contribution in [2.45, 2.75) is 36.1 Å². The van der Waals surface area contributed by atoms with Crippen LogP contribution in [-0.2, 0) is 9.53 Å². The SMILES string of the molecule is COCCNC(=O)[C@H](C)Sc1nnc(C2CC2)n1-c1ccccc1. The maximum Gasteiger partial charge on any atom is 0.233 e. The molecule has 128 valence electrons. The number of hydrogen-bond acceptors (Lipinski definition) is 5. The van der Waals surface area contributed by atoms with Crippen molar-refractivity contribution in [3.8, 4) is 5.69 Å². The molecule has 1 aliphatic rings. The minimum absolute atomic E-state index is 0.0207. The van der Waals surface area contributed by atoms with E-state index in [-0.39, 0.29) is 11.2 Å². The molecule has 0 unspecified atom stereocenters. The fraction of sp³-hybridized carbons (Fsp3) is 0.471. The van der Waals surface area contributed by atoms with E-state index in [0.29, 0.717) is 19.1 Å². The van der Waals surface area contributed by atoms with E-state index in [2.05, 4.69) is 20.1 Å². The number of carbonyl (C=O) groups is 1. The number of amides is 1. The molecule has 0 radical (unpaired) electrons. The Kier molecular flexibility index (Phi) is 5.52. The van der Waals surface area contributed by atoms with E-state index < -0.39 is 0 Å². The van der Waals surface area contributed by atoms with Gasteiger partial charge >= 0.3 is 0 Å². The molecule has 1 aromatic heterocycles. The van der Waals surface area contributed by atoms with E-state index in [9.17, 15) is 4.79 Å². The highest BCUT2D eigenvalue weighted by Crippen LogP contribution is 2.41. The maximum atomic E-state index is 12.2. The Morgan fingerprint density at radius 3 is 2.79 bits per heavy atom. The monoisotopic (exact) mass is 346 g/mol. The Labute approximate surface area is 146 Å². The van der Waals surface area contributed by atoms with E-state index >= 15 is 0 Å². The topological polar surface area (TPSA) is 69.0 Å². The Morgan fingerprint density at radius 2 is 2.12 bits per heavy atom. The van der Waals surface area contributed by atoms with Gasteiger partial charge in [0.1, 0.15) is 5.82 Å². The molecule has 0 aliphatic heterocycles. The van der Waals surface area contributed by atoms with E-state index in [4.69, 9.17) is 4.74 Å². The van der Waals surface area contributed by atoms with E-state index in [1.165, 1.54) is 11.8 Å². The largest absolute Gasteiger partial charge is 0.383 e. The first kappa shape index (κ1) is 17.0. The normalized spacial score (nSPS) is 15.2. The predicted molar refractivity (Wildman–Crippen MR) is 93.5 cm³/mol. The zero-order chi connectivity index (χ0) is 16.9. The first-order valence-electron chi connectivity index (χ1n) is 8.14. The van der Waals surface area contributed by atoms with Crippen molar-refractivity contribution in [1.82, 2.24) is 20.1 Å². The lowest BCUT2D eigenvalue weighted by Crippen LogP contribution is -2.33. The second-order valence-corrected chi connectivity index (χ2v) is 7.14. The molecule has 3 rings (SSSR count). The van der Waals surface area contributed by atoms with Gasteiger partial charge in [0, 0.05) is 25.3 Å². The maximum absolute atomic E-state index is 12.2. The molecule has 24 heavy (non-hydrogen) atoms. The van der Waals surface area contributed by atoms with Crippen LogP contribution in [0, 0.1) is 0 Å². The van der Waals surface area contributed by atoms with Crippen LogP contribution in [0.5, 0.6) is 0 Å².